The molecule has 1 aliphatic heterocycles. The van der Waals surface area contributed by atoms with Gasteiger partial charge in [0.05, 0.1) is 11.6 Å². The predicted molar refractivity (Wildman–Crippen MR) is 92.7 cm³/mol. The smallest absolute Gasteiger partial charge is 0.302 e. The second kappa shape index (κ2) is 7.70. The first-order chi connectivity index (χ1) is 12.5. The van der Waals surface area contributed by atoms with E-state index in [-0.39, 0.29) is 18.7 Å². The molecular formula is C19H21NO6. The van der Waals surface area contributed by atoms with E-state index in [2.05, 4.69) is 0 Å². The van der Waals surface area contributed by atoms with Gasteiger partial charge in [0, 0.05) is 43.8 Å². The van der Waals surface area contributed by atoms with Crippen LogP contribution >= 0.6 is 0 Å². The number of hydrogen-bond donors (Lipinski definition) is 0. The lowest BCUT2D eigenvalue weighted by Gasteiger charge is -2.35. The van der Waals surface area contributed by atoms with Crippen molar-refractivity contribution in [3.8, 4) is 0 Å². The first kappa shape index (κ1) is 18.1. The van der Waals surface area contributed by atoms with Crippen LogP contribution < -0.4 is 0 Å². The number of fused-ring (bicyclic) bond motifs is 1. The fraction of sp³-hybridized carbons (Fsp3) is 0.421. The molecule has 0 amide bonds. The van der Waals surface area contributed by atoms with Crippen LogP contribution in [0.5, 0.6) is 0 Å². The minimum absolute atomic E-state index is 0.0866. The van der Waals surface area contributed by atoms with E-state index < -0.39 is 18.3 Å². The Balaban J connectivity index is 1.90. The number of hydrogen-bond acceptors (Lipinski definition) is 6. The summed E-state index contributed by atoms with van der Waals surface area (Å²) in [5.74, 6) is -0.762. The summed E-state index contributed by atoms with van der Waals surface area (Å²) in [6.45, 7) is 2.78. The molecule has 3 rings (SSSR count). The van der Waals surface area contributed by atoms with Gasteiger partial charge in [0.2, 0.25) is 0 Å². The Kier molecular flexibility index (Phi) is 5.37. The number of benzene rings is 1. The number of ether oxygens (including phenoxy) is 3. The molecule has 2 aromatic rings. The molecule has 0 unspecified atom stereocenters. The van der Waals surface area contributed by atoms with Crippen molar-refractivity contribution in [1.82, 2.24) is 4.57 Å². The highest BCUT2D eigenvalue weighted by molar-refractivity contribution is 5.97. The van der Waals surface area contributed by atoms with Gasteiger partial charge in [0.25, 0.3) is 0 Å². The van der Waals surface area contributed by atoms with Gasteiger partial charge in [-0.3, -0.25) is 14.4 Å². The van der Waals surface area contributed by atoms with Crippen LogP contribution in [-0.2, 0) is 23.8 Å². The van der Waals surface area contributed by atoms with Gasteiger partial charge in [-0.1, -0.05) is 18.2 Å². The summed E-state index contributed by atoms with van der Waals surface area (Å²) >= 11 is 0. The van der Waals surface area contributed by atoms with Crippen molar-refractivity contribution in [3.63, 3.8) is 0 Å². The molecule has 0 saturated carbocycles. The third-order valence-corrected chi connectivity index (χ3v) is 4.35. The Bertz CT molecular complexity index is 827. The van der Waals surface area contributed by atoms with Crippen LogP contribution in [0.3, 0.4) is 0 Å². The summed E-state index contributed by atoms with van der Waals surface area (Å²) in [6.07, 6.45) is 2.25. The van der Waals surface area contributed by atoms with Gasteiger partial charge < -0.3 is 18.8 Å². The van der Waals surface area contributed by atoms with Crippen LogP contribution in [0, 0.1) is 0 Å². The maximum absolute atomic E-state index is 11.4. The fourth-order valence-corrected chi connectivity index (χ4v) is 3.34. The molecule has 1 fully saturated rings. The molecule has 7 nitrogen and oxygen atoms in total. The molecule has 26 heavy (non-hydrogen) atoms. The number of rotatable bonds is 5. The molecule has 0 radical (unpaired) electrons. The van der Waals surface area contributed by atoms with E-state index in [0.29, 0.717) is 18.4 Å². The maximum Gasteiger partial charge on any atom is 0.302 e. The summed E-state index contributed by atoms with van der Waals surface area (Å²) in [5, 5.41) is 0.831. The second-order valence-electron chi connectivity index (χ2n) is 6.34. The third-order valence-electron chi connectivity index (χ3n) is 4.35. The highest BCUT2D eigenvalue weighted by Gasteiger charge is 2.33. The van der Waals surface area contributed by atoms with Crippen LogP contribution in [0.25, 0.3) is 10.9 Å². The van der Waals surface area contributed by atoms with E-state index in [1.807, 2.05) is 28.8 Å². The first-order valence-corrected chi connectivity index (χ1v) is 8.48. The summed E-state index contributed by atoms with van der Waals surface area (Å²) < 4.78 is 18.4. The molecule has 7 heteroatoms. The zero-order valence-corrected chi connectivity index (χ0v) is 14.7. The Morgan fingerprint density at radius 2 is 2.00 bits per heavy atom. The van der Waals surface area contributed by atoms with Crippen LogP contribution in [0.15, 0.2) is 30.5 Å². The molecule has 1 saturated heterocycles. The van der Waals surface area contributed by atoms with Crippen LogP contribution in [0.1, 0.15) is 43.3 Å². The molecule has 0 N–H and O–H groups in total. The Morgan fingerprint density at radius 1 is 1.23 bits per heavy atom. The van der Waals surface area contributed by atoms with Crippen LogP contribution in [-0.4, -0.2) is 41.6 Å². The van der Waals surface area contributed by atoms with E-state index in [1.54, 1.807) is 6.20 Å². The molecule has 0 spiro atoms. The standard InChI is InChI=1S/C19H21NO6/c1-12(22)24-11-16-7-15(25-13(2)23)8-19(26-16)20-9-14(10-21)17-5-3-4-6-18(17)20/h3-6,9-10,15-16,19H,7-8,11H2,1-2H3/t15-,16-,19+/m0/s1. The minimum atomic E-state index is -0.438. The van der Waals surface area contributed by atoms with E-state index in [9.17, 15) is 14.4 Å². The topological polar surface area (TPSA) is 83.8 Å². The zero-order chi connectivity index (χ0) is 18.7. The summed E-state index contributed by atoms with van der Waals surface area (Å²) in [6, 6.07) is 7.53. The van der Waals surface area contributed by atoms with E-state index >= 15 is 0 Å². The number of aldehydes is 1. The average Bonchev–Trinajstić information content (AvgIpc) is 2.98. The van der Waals surface area contributed by atoms with Crippen molar-refractivity contribution in [2.75, 3.05) is 6.61 Å². The number of aromatic nitrogens is 1. The molecule has 1 aromatic heterocycles. The number of esters is 2. The van der Waals surface area contributed by atoms with Crippen molar-refractivity contribution in [2.45, 2.75) is 45.1 Å². The highest BCUT2D eigenvalue weighted by atomic mass is 16.6. The zero-order valence-electron chi connectivity index (χ0n) is 14.7. The molecule has 2 heterocycles. The minimum Gasteiger partial charge on any atom is -0.463 e. The monoisotopic (exact) mass is 359 g/mol. The average molecular weight is 359 g/mol. The molecule has 1 aliphatic rings. The number of carbonyl (C=O) groups excluding carboxylic acids is 3. The molecule has 0 aliphatic carbocycles. The SMILES string of the molecule is CC(=O)OC[C@@H]1C[C@H](OC(C)=O)C[C@H](n2cc(C=O)c3ccccc32)O1. The van der Waals surface area contributed by atoms with Crippen molar-refractivity contribution in [3.05, 3.63) is 36.0 Å². The van der Waals surface area contributed by atoms with Gasteiger partial charge in [-0.05, 0) is 6.07 Å². The van der Waals surface area contributed by atoms with Gasteiger partial charge in [0.1, 0.15) is 18.9 Å². The molecule has 1 aromatic carbocycles. The van der Waals surface area contributed by atoms with Gasteiger partial charge in [-0.15, -0.1) is 0 Å². The Hall–Kier alpha value is -2.67. The third kappa shape index (κ3) is 3.94. The van der Waals surface area contributed by atoms with Crippen LogP contribution in [0.4, 0.5) is 0 Å². The van der Waals surface area contributed by atoms with Gasteiger partial charge in [-0.25, -0.2) is 0 Å². The molecule has 0 bridgehead atoms. The summed E-state index contributed by atoms with van der Waals surface area (Å²) in [4.78, 5) is 33.9. The fourth-order valence-electron chi connectivity index (χ4n) is 3.34. The quantitative estimate of drug-likeness (QED) is 0.603. The normalized spacial score (nSPS) is 22.8. The lowest BCUT2D eigenvalue weighted by Crippen LogP contribution is -2.38. The second-order valence-corrected chi connectivity index (χ2v) is 6.34. The van der Waals surface area contributed by atoms with E-state index in [4.69, 9.17) is 14.2 Å². The lowest BCUT2D eigenvalue weighted by atomic mass is 10.0. The highest BCUT2D eigenvalue weighted by Crippen LogP contribution is 2.33. The number of para-hydroxylation sites is 1. The van der Waals surface area contributed by atoms with Gasteiger partial charge in [-0.2, -0.15) is 0 Å². The predicted octanol–water partition coefficient (Wildman–Crippen LogP) is 2.63. The van der Waals surface area contributed by atoms with Gasteiger partial charge in [0.15, 0.2) is 6.29 Å². The Morgan fingerprint density at radius 3 is 2.69 bits per heavy atom. The molecule has 138 valence electrons. The number of nitrogens with zero attached hydrogens (tertiary/aromatic N) is 1. The summed E-state index contributed by atoms with van der Waals surface area (Å²) in [7, 11) is 0. The maximum atomic E-state index is 11.4. The van der Waals surface area contributed by atoms with Crippen molar-refractivity contribution < 1.29 is 28.6 Å². The van der Waals surface area contributed by atoms with E-state index in [0.717, 1.165) is 17.2 Å². The summed E-state index contributed by atoms with van der Waals surface area (Å²) in [5.41, 5.74) is 1.42. The molecular weight excluding hydrogens is 338 g/mol. The molecule has 3 atom stereocenters. The largest absolute Gasteiger partial charge is 0.463 e. The van der Waals surface area contributed by atoms with Crippen molar-refractivity contribution in [2.24, 2.45) is 0 Å². The van der Waals surface area contributed by atoms with Crippen LogP contribution in [0.2, 0.25) is 0 Å². The van der Waals surface area contributed by atoms with Crippen molar-refractivity contribution >= 4 is 29.1 Å². The van der Waals surface area contributed by atoms with Gasteiger partial charge >= 0.3 is 11.9 Å². The number of carbonyl (C=O) groups is 3. The lowest BCUT2D eigenvalue weighted by molar-refractivity contribution is -0.178. The van der Waals surface area contributed by atoms with Crippen molar-refractivity contribution in [1.29, 1.82) is 0 Å². The Labute approximate surface area is 150 Å². The first-order valence-electron chi connectivity index (χ1n) is 8.48. The van der Waals surface area contributed by atoms with E-state index in [1.165, 1.54) is 13.8 Å².